The van der Waals surface area contributed by atoms with E-state index in [4.69, 9.17) is 14.2 Å². The lowest BCUT2D eigenvalue weighted by molar-refractivity contribution is 0.324. The number of aromatic amines is 1. The van der Waals surface area contributed by atoms with Crippen molar-refractivity contribution < 1.29 is 14.2 Å². The number of benzene rings is 1. The first-order chi connectivity index (χ1) is 13.2. The SMILES string of the molecule is COc1cc(-n2cnc(Nc3ncc4cc[nH]c4n3)c2)cc(OC)c1OC. The van der Waals surface area contributed by atoms with E-state index in [0.717, 1.165) is 16.7 Å². The molecule has 0 saturated carbocycles. The van der Waals surface area contributed by atoms with E-state index in [1.54, 1.807) is 33.9 Å². The maximum atomic E-state index is 5.40. The number of methoxy groups -OCH3 is 3. The number of nitrogens with zero attached hydrogens (tertiary/aromatic N) is 4. The van der Waals surface area contributed by atoms with E-state index in [1.807, 2.05) is 35.2 Å². The van der Waals surface area contributed by atoms with Crippen molar-refractivity contribution >= 4 is 22.8 Å². The number of fused-ring (bicyclic) bond motifs is 1. The summed E-state index contributed by atoms with van der Waals surface area (Å²) in [5.41, 5.74) is 1.57. The average Bonchev–Trinajstić information content (AvgIpc) is 3.35. The van der Waals surface area contributed by atoms with Crippen molar-refractivity contribution in [3.8, 4) is 22.9 Å². The fraction of sp³-hybridized carbons (Fsp3) is 0.167. The van der Waals surface area contributed by atoms with E-state index in [0.29, 0.717) is 29.0 Å². The minimum absolute atomic E-state index is 0.458. The third-order valence-electron chi connectivity index (χ3n) is 4.07. The second-order valence-electron chi connectivity index (χ2n) is 5.65. The Morgan fingerprint density at radius 1 is 1.04 bits per heavy atom. The van der Waals surface area contributed by atoms with Gasteiger partial charge in [0, 0.05) is 29.9 Å². The van der Waals surface area contributed by atoms with Gasteiger partial charge >= 0.3 is 0 Å². The summed E-state index contributed by atoms with van der Waals surface area (Å²) in [4.78, 5) is 16.1. The molecule has 4 aromatic rings. The number of ether oxygens (including phenoxy) is 3. The minimum Gasteiger partial charge on any atom is -0.493 e. The van der Waals surface area contributed by atoms with Gasteiger partial charge in [-0.1, -0.05) is 0 Å². The number of nitrogens with one attached hydrogen (secondary N) is 2. The molecule has 3 aromatic heterocycles. The summed E-state index contributed by atoms with van der Waals surface area (Å²) in [6.07, 6.45) is 7.07. The molecule has 2 N–H and O–H groups in total. The average molecular weight is 366 g/mol. The van der Waals surface area contributed by atoms with E-state index in [-0.39, 0.29) is 0 Å². The van der Waals surface area contributed by atoms with E-state index >= 15 is 0 Å². The maximum Gasteiger partial charge on any atom is 0.230 e. The molecule has 0 atom stereocenters. The number of rotatable bonds is 6. The highest BCUT2D eigenvalue weighted by Gasteiger charge is 2.14. The van der Waals surface area contributed by atoms with Gasteiger partial charge < -0.3 is 29.1 Å². The van der Waals surface area contributed by atoms with Gasteiger partial charge in [0.25, 0.3) is 0 Å². The standard InChI is InChI=1S/C18H18N6O3/c1-25-13-6-12(7-14(26-2)16(13)27-3)24-9-15(21-10-24)22-18-20-8-11-4-5-19-17(11)23-18/h4-10H,1-3H3,(H2,19,20,22,23). The van der Waals surface area contributed by atoms with Gasteiger partial charge in [-0.25, -0.2) is 9.97 Å². The molecule has 9 nitrogen and oxygen atoms in total. The van der Waals surface area contributed by atoms with Crippen LogP contribution in [0.5, 0.6) is 17.2 Å². The molecule has 0 bridgehead atoms. The Labute approximate surface area is 154 Å². The minimum atomic E-state index is 0.458. The van der Waals surface area contributed by atoms with Crippen molar-refractivity contribution in [1.82, 2.24) is 24.5 Å². The van der Waals surface area contributed by atoms with E-state index in [2.05, 4.69) is 25.3 Å². The Morgan fingerprint density at radius 3 is 2.52 bits per heavy atom. The molecule has 0 aliphatic carbocycles. The zero-order valence-corrected chi connectivity index (χ0v) is 15.1. The van der Waals surface area contributed by atoms with Crippen LogP contribution in [0.4, 0.5) is 11.8 Å². The molecule has 27 heavy (non-hydrogen) atoms. The molecule has 0 unspecified atom stereocenters. The smallest absolute Gasteiger partial charge is 0.230 e. The third-order valence-corrected chi connectivity index (χ3v) is 4.07. The van der Waals surface area contributed by atoms with E-state index < -0.39 is 0 Å². The molecule has 0 fully saturated rings. The van der Waals surface area contributed by atoms with Crippen LogP contribution in [-0.4, -0.2) is 45.8 Å². The van der Waals surface area contributed by atoms with Crippen molar-refractivity contribution in [1.29, 1.82) is 0 Å². The molecule has 0 radical (unpaired) electrons. The zero-order valence-electron chi connectivity index (χ0n) is 15.1. The lowest BCUT2D eigenvalue weighted by atomic mass is 10.2. The first kappa shape index (κ1) is 16.7. The number of imidazole rings is 1. The largest absolute Gasteiger partial charge is 0.493 e. The third kappa shape index (κ3) is 3.10. The number of anilines is 2. The molecule has 4 rings (SSSR count). The summed E-state index contributed by atoms with van der Waals surface area (Å²) in [6.45, 7) is 0. The molecule has 3 heterocycles. The van der Waals surface area contributed by atoms with Crippen LogP contribution in [0.1, 0.15) is 0 Å². The van der Waals surface area contributed by atoms with Gasteiger partial charge in [-0.15, -0.1) is 0 Å². The van der Waals surface area contributed by atoms with Crippen molar-refractivity contribution in [3.63, 3.8) is 0 Å². The zero-order chi connectivity index (χ0) is 18.8. The van der Waals surface area contributed by atoms with Crippen molar-refractivity contribution in [3.05, 3.63) is 43.1 Å². The fourth-order valence-corrected chi connectivity index (χ4v) is 2.76. The Kier molecular flexibility index (Phi) is 4.25. The van der Waals surface area contributed by atoms with Gasteiger partial charge in [-0.05, 0) is 6.07 Å². The molecular formula is C18H18N6O3. The van der Waals surface area contributed by atoms with Crippen LogP contribution >= 0.6 is 0 Å². The number of hydrogen-bond donors (Lipinski definition) is 2. The van der Waals surface area contributed by atoms with Crippen LogP contribution in [-0.2, 0) is 0 Å². The molecule has 1 aromatic carbocycles. The first-order valence-corrected chi connectivity index (χ1v) is 8.13. The summed E-state index contributed by atoms with van der Waals surface area (Å²) in [6, 6.07) is 5.60. The Hall–Kier alpha value is -3.75. The molecule has 0 aliphatic rings. The topological polar surface area (TPSA) is 99.1 Å². The van der Waals surface area contributed by atoms with Crippen molar-refractivity contribution in [2.75, 3.05) is 26.6 Å². The highest BCUT2D eigenvalue weighted by atomic mass is 16.5. The van der Waals surface area contributed by atoms with Gasteiger partial charge in [0.15, 0.2) is 17.3 Å². The highest BCUT2D eigenvalue weighted by molar-refractivity contribution is 5.75. The molecule has 0 aliphatic heterocycles. The summed E-state index contributed by atoms with van der Waals surface area (Å²) in [5.74, 6) is 2.73. The Morgan fingerprint density at radius 2 is 1.81 bits per heavy atom. The lowest BCUT2D eigenvalue weighted by Gasteiger charge is -2.14. The predicted molar refractivity (Wildman–Crippen MR) is 100 cm³/mol. The van der Waals surface area contributed by atoms with E-state index in [9.17, 15) is 0 Å². The molecule has 0 amide bonds. The van der Waals surface area contributed by atoms with Gasteiger partial charge in [0.1, 0.15) is 12.0 Å². The normalized spacial score (nSPS) is 10.8. The van der Waals surface area contributed by atoms with Gasteiger partial charge in [-0.2, -0.15) is 4.98 Å². The van der Waals surface area contributed by atoms with Crippen LogP contribution in [0, 0.1) is 0 Å². The second-order valence-corrected chi connectivity index (χ2v) is 5.65. The Bertz CT molecular complexity index is 1060. The summed E-state index contributed by atoms with van der Waals surface area (Å²) >= 11 is 0. The van der Waals surface area contributed by atoms with Crippen LogP contribution in [0.25, 0.3) is 16.7 Å². The predicted octanol–water partition coefficient (Wildman–Crippen LogP) is 2.91. The molecule has 138 valence electrons. The number of aromatic nitrogens is 5. The summed E-state index contributed by atoms with van der Waals surface area (Å²) in [7, 11) is 4.73. The maximum absolute atomic E-state index is 5.40. The quantitative estimate of drug-likeness (QED) is 0.541. The summed E-state index contributed by atoms with van der Waals surface area (Å²) in [5, 5.41) is 4.04. The number of hydrogen-bond acceptors (Lipinski definition) is 7. The Balaban J connectivity index is 1.63. The van der Waals surface area contributed by atoms with Crippen LogP contribution < -0.4 is 19.5 Å². The van der Waals surface area contributed by atoms with E-state index in [1.165, 1.54) is 0 Å². The second kappa shape index (κ2) is 6.87. The lowest BCUT2D eigenvalue weighted by Crippen LogP contribution is -1.99. The molecule has 0 saturated heterocycles. The highest BCUT2D eigenvalue weighted by Crippen LogP contribution is 2.39. The van der Waals surface area contributed by atoms with Gasteiger partial charge in [0.2, 0.25) is 11.7 Å². The van der Waals surface area contributed by atoms with Crippen molar-refractivity contribution in [2.24, 2.45) is 0 Å². The van der Waals surface area contributed by atoms with Crippen LogP contribution in [0.15, 0.2) is 43.1 Å². The van der Waals surface area contributed by atoms with Crippen molar-refractivity contribution in [2.45, 2.75) is 0 Å². The first-order valence-electron chi connectivity index (χ1n) is 8.13. The van der Waals surface area contributed by atoms with Gasteiger partial charge in [-0.3, -0.25) is 0 Å². The molecule has 9 heteroatoms. The fourth-order valence-electron chi connectivity index (χ4n) is 2.76. The monoisotopic (exact) mass is 366 g/mol. The molecule has 0 spiro atoms. The van der Waals surface area contributed by atoms with Gasteiger partial charge in [0.05, 0.1) is 33.2 Å². The van der Waals surface area contributed by atoms with Crippen LogP contribution in [0.3, 0.4) is 0 Å². The van der Waals surface area contributed by atoms with Crippen LogP contribution in [0.2, 0.25) is 0 Å². The number of H-pyrrole nitrogens is 1. The molecular weight excluding hydrogens is 348 g/mol. The summed E-state index contributed by atoms with van der Waals surface area (Å²) < 4.78 is 18.0.